The number of nitrogens with zero attached hydrogens (tertiary/aromatic N) is 1. The molecule has 2 rings (SSSR count). The molecule has 1 aliphatic carbocycles. The molecule has 1 aromatic rings. The van der Waals surface area contributed by atoms with Crippen molar-refractivity contribution in [2.45, 2.75) is 38.6 Å². The van der Waals surface area contributed by atoms with Crippen molar-refractivity contribution in [3.63, 3.8) is 0 Å². The molecule has 1 saturated carbocycles. The molecule has 0 aromatic carbocycles. The highest BCUT2D eigenvalue weighted by molar-refractivity contribution is 5.14. The van der Waals surface area contributed by atoms with Crippen molar-refractivity contribution in [2.24, 2.45) is 17.6 Å². The van der Waals surface area contributed by atoms with E-state index in [0.717, 1.165) is 5.92 Å². The van der Waals surface area contributed by atoms with Crippen molar-refractivity contribution in [3.8, 4) is 0 Å². The molecule has 1 heterocycles. The number of hydrogen-bond donors (Lipinski definition) is 1. The second-order valence-electron chi connectivity index (χ2n) is 4.83. The molecule has 82 valence electrons. The summed E-state index contributed by atoms with van der Waals surface area (Å²) in [6, 6.07) is 4.25. The zero-order chi connectivity index (χ0) is 10.7. The zero-order valence-corrected chi connectivity index (χ0v) is 9.39. The maximum absolute atomic E-state index is 6.28. The van der Waals surface area contributed by atoms with Crippen LogP contribution in [-0.4, -0.2) is 4.98 Å². The molecule has 2 heteroatoms. The van der Waals surface area contributed by atoms with E-state index in [-0.39, 0.29) is 6.04 Å². The predicted molar refractivity (Wildman–Crippen MR) is 62.3 cm³/mol. The highest BCUT2D eigenvalue weighted by Crippen LogP contribution is 2.35. The van der Waals surface area contributed by atoms with Crippen molar-refractivity contribution < 1.29 is 0 Å². The third kappa shape index (κ3) is 2.57. The van der Waals surface area contributed by atoms with Crippen LogP contribution < -0.4 is 5.73 Å². The van der Waals surface area contributed by atoms with E-state index < -0.39 is 0 Å². The Bertz CT molecular complexity index is 289. The Morgan fingerprint density at radius 3 is 2.67 bits per heavy atom. The highest BCUT2D eigenvalue weighted by Gasteiger charge is 2.24. The summed E-state index contributed by atoms with van der Waals surface area (Å²) in [4.78, 5) is 4.14. The summed E-state index contributed by atoms with van der Waals surface area (Å²) in [6.45, 7) is 2.34. The van der Waals surface area contributed by atoms with Gasteiger partial charge in [0.25, 0.3) is 0 Å². The zero-order valence-electron chi connectivity index (χ0n) is 9.39. The molecular formula is C13H20N2. The number of rotatable bonds is 2. The molecule has 1 aliphatic rings. The van der Waals surface area contributed by atoms with Gasteiger partial charge in [-0.15, -0.1) is 0 Å². The maximum atomic E-state index is 6.28. The molecule has 15 heavy (non-hydrogen) atoms. The topological polar surface area (TPSA) is 38.9 Å². The Morgan fingerprint density at radius 1 is 1.33 bits per heavy atom. The Hall–Kier alpha value is -0.890. The number of pyridine rings is 1. The Kier molecular flexibility index (Phi) is 3.37. The van der Waals surface area contributed by atoms with Crippen LogP contribution in [0.15, 0.2) is 24.5 Å². The van der Waals surface area contributed by atoms with Gasteiger partial charge in [0.05, 0.1) is 0 Å². The Morgan fingerprint density at radius 2 is 2.07 bits per heavy atom. The molecule has 2 N–H and O–H groups in total. The predicted octanol–water partition coefficient (Wildman–Crippen LogP) is 2.91. The van der Waals surface area contributed by atoms with Gasteiger partial charge < -0.3 is 5.73 Å². The lowest BCUT2D eigenvalue weighted by molar-refractivity contribution is 0.256. The van der Waals surface area contributed by atoms with E-state index in [2.05, 4.69) is 18.0 Å². The SMILES string of the molecule is CC1CCC(C(N)c2cccnc2)CC1. The summed E-state index contributed by atoms with van der Waals surface area (Å²) in [5.74, 6) is 1.55. The minimum atomic E-state index is 0.186. The highest BCUT2D eigenvalue weighted by atomic mass is 14.7. The van der Waals surface area contributed by atoms with Gasteiger partial charge in [-0.3, -0.25) is 4.98 Å². The van der Waals surface area contributed by atoms with Crippen LogP contribution in [0.5, 0.6) is 0 Å². The summed E-state index contributed by atoms with van der Waals surface area (Å²) in [6.07, 6.45) is 8.92. The lowest BCUT2D eigenvalue weighted by atomic mass is 9.78. The first-order chi connectivity index (χ1) is 7.27. The summed E-state index contributed by atoms with van der Waals surface area (Å²) in [5.41, 5.74) is 7.47. The normalized spacial score (nSPS) is 28.7. The van der Waals surface area contributed by atoms with Crippen molar-refractivity contribution in [3.05, 3.63) is 30.1 Å². The molecule has 0 spiro atoms. The van der Waals surface area contributed by atoms with Crippen LogP contribution in [0.4, 0.5) is 0 Å². The maximum Gasteiger partial charge on any atom is 0.0338 e. The molecule has 1 fully saturated rings. The van der Waals surface area contributed by atoms with Crippen molar-refractivity contribution in [1.29, 1.82) is 0 Å². The number of hydrogen-bond acceptors (Lipinski definition) is 2. The standard InChI is InChI=1S/C13H20N2/c1-10-4-6-11(7-5-10)13(14)12-3-2-8-15-9-12/h2-3,8-11,13H,4-7,14H2,1H3. The lowest BCUT2D eigenvalue weighted by Crippen LogP contribution is -2.25. The van der Waals surface area contributed by atoms with E-state index in [4.69, 9.17) is 5.73 Å². The van der Waals surface area contributed by atoms with E-state index in [9.17, 15) is 0 Å². The van der Waals surface area contributed by atoms with E-state index in [0.29, 0.717) is 5.92 Å². The quantitative estimate of drug-likeness (QED) is 0.804. The van der Waals surface area contributed by atoms with Crippen LogP contribution in [-0.2, 0) is 0 Å². The smallest absolute Gasteiger partial charge is 0.0338 e. The fourth-order valence-corrected chi connectivity index (χ4v) is 2.49. The average molecular weight is 204 g/mol. The summed E-state index contributed by atoms with van der Waals surface area (Å²) >= 11 is 0. The molecule has 0 amide bonds. The first kappa shape index (κ1) is 10.6. The van der Waals surface area contributed by atoms with Gasteiger partial charge in [0.15, 0.2) is 0 Å². The summed E-state index contributed by atoms with van der Waals surface area (Å²) in [5, 5.41) is 0. The molecule has 1 aromatic heterocycles. The molecule has 0 radical (unpaired) electrons. The van der Waals surface area contributed by atoms with E-state index in [1.54, 1.807) is 6.20 Å². The monoisotopic (exact) mass is 204 g/mol. The van der Waals surface area contributed by atoms with Crippen LogP contribution in [0.25, 0.3) is 0 Å². The van der Waals surface area contributed by atoms with Crippen LogP contribution >= 0.6 is 0 Å². The van der Waals surface area contributed by atoms with E-state index >= 15 is 0 Å². The molecule has 0 bridgehead atoms. The second kappa shape index (κ2) is 4.75. The first-order valence-electron chi connectivity index (χ1n) is 5.93. The van der Waals surface area contributed by atoms with Crippen LogP contribution in [0.1, 0.15) is 44.2 Å². The van der Waals surface area contributed by atoms with Crippen LogP contribution in [0.2, 0.25) is 0 Å². The third-order valence-corrected chi connectivity index (χ3v) is 3.64. The molecule has 0 aliphatic heterocycles. The average Bonchev–Trinajstić information content (AvgIpc) is 2.30. The Labute approximate surface area is 91.9 Å². The number of nitrogens with two attached hydrogens (primary N) is 1. The molecular weight excluding hydrogens is 184 g/mol. The van der Waals surface area contributed by atoms with Crippen molar-refractivity contribution >= 4 is 0 Å². The van der Waals surface area contributed by atoms with E-state index in [1.807, 2.05) is 12.3 Å². The van der Waals surface area contributed by atoms with Crippen molar-refractivity contribution in [2.75, 3.05) is 0 Å². The fourth-order valence-electron chi connectivity index (χ4n) is 2.49. The van der Waals surface area contributed by atoms with Gasteiger partial charge in [0.1, 0.15) is 0 Å². The Balaban J connectivity index is 1.99. The van der Waals surface area contributed by atoms with E-state index in [1.165, 1.54) is 31.2 Å². The minimum Gasteiger partial charge on any atom is -0.324 e. The molecule has 1 atom stereocenters. The minimum absolute atomic E-state index is 0.186. The molecule has 1 unspecified atom stereocenters. The molecule has 0 saturated heterocycles. The summed E-state index contributed by atoms with van der Waals surface area (Å²) in [7, 11) is 0. The van der Waals surface area contributed by atoms with Gasteiger partial charge in [0, 0.05) is 18.4 Å². The second-order valence-corrected chi connectivity index (χ2v) is 4.83. The third-order valence-electron chi connectivity index (χ3n) is 3.64. The fraction of sp³-hybridized carbons (Fsp3) is 0.615. The van der Waals surface area contributed by atoms with Gasteiger partial charge in [0.2, 0.25) is 0 Å². The summed E-state index contributed by atoms with van der Waals surface area (Å²) < 4.78 is 0. The van der Waals surface area contributed by atoms with Gasteiger partial charge >= 0.3 is 0 Å². The van der Waals surface area contributed by atoms with Crippen LogP contribution in [0, 0.1) is 11.8 Å². The van der Waals surface area contributed by atoms with Crippen molar-refractivity contribution in [1.82, 2.24) is 4.98 Å². The van der Waals surface area contributed by atoms with Gasteiger partial charge in [-0.2, -0.15) is 0 Å². The lowest BCUT2D eigenvalue weighted by Gasteiger charge is -2.30. The van der Waals surface area contributed by atoms with Gasteiger partial charge in [-0.05, 0) is 36.3 Å². The van der Waals surface area contributed by atoms with Crippen LogP contribution in [0.3, 0.4) is 0 Å². The van der Waals surface area contributed by atoms with Gasteiger partial charge in [-0.1, -0.05) is 25.8 Å². The first-order valence-corrected chi connectivity index (χ1v) is 5.93. The molecule has 2 nitrogen and oxygen atoms in total. The van der Waals surface area contributed by atoms with Gasteiger partial charge in [-0.25, -0.2) is 0 Å². The number of aromatic nitrogens is 1. The largest absolute Gasteiger partial charge is 0.324 e.